The fourth-order valence-corrected chi connectivity index (χ4v) is 6.24. The molecular weight excluding hydrogens is 496 g/mol. The Labute approximate surface area is 216 Å². The zero-order valence-electron chi connectivity index (χ0n) is 20.3. The van der Waals surface area contributed by atoms with Crippen LogP contribution in [0.2, 0.25) is 0 Å². The van der Waals surface area contributed by atoms with Crippen LogP contribution in [0, 0.1) is 17.8 Å². The molecular formula is C27H26N2O9. The van der Waals surface area contributed by atoms with Crippen LogP contribution in [0.15, 0.2) is 35.9 Å². The molecule has 0 radical (unpaired) electrons. The molecule has 2 saturated carbocycles. The third-order valence-electron chi connectivity index (χ3n) is 7.96. The zero-order valence-corrected chi connectivity index (χ0v) is 20.3. The van der Waals surface area contributed by atoms with E-state index in [0.717, 1.165) is 0 Å². The van der Waals surface area contributed by atoms with Gasteiger partial charge in [-0.25, -0.2) is 4.79 Å². The van der Waals surface area contributed by atoms with E-state index in [9.17, 15) is 39.6 Å². The van der Waals surface area contributed by atoms with Gasteiger partial charge in [0, 0.05) is 17.2 Å². The first-order valence-corrected chi connectivity index (χ1v) is 12.0. The summed E-state index contributed by atoms with van der Waals surface area (Å²) in [5.74, 6) is -8.44. The number of carbonyl (C=O) groups is 4. The average molecular weight is 523 g/mol. The van der Waals surface area contributed by atoms with E-state index in [1.165, 1.54) is 19.2 Å². The molecule has 3 aliphatic rings. The number of nitrogens with two attached hydrogens (primary N) is 2. The second-order valence-electron chi connectivity index (χ2n) is 10.1. The number of rotatable bonds is 3. The van der Waals surface area contributed by atoms with Gasteiger partial charge in [0.05, 0.1) is 24.3 Å². The van der Waals surface area contributed by atoms with Gasteiger partial charge in [-0.15, -0.1) is 0 Å². The lowest BCUT2D eigenvalue weighted by Crippen LogP contribution is -2.66. The quantitative estimate of drug-likeness (QED) is 0.188. The lowest BCUT2D eigenvalue weighted by atomic mass is 9.56. The minimum Gasteiger partial charge on any atom is -0.507 e. The first kappa shape index (κ1) is 25.4. The number of aromatic hydroxyl groups is 1. The number of methoxy groups -OCH3 is 1. The van der Waals surface area contributed by atoms with E-state index in [0.29, 0.717) is 16.7 Å². The first-order chi connectivity index (χ1) is 17.9. The van der Waals surface area contributed by atoms with Gasteiger partial charge in [0.25, 0.3) is 0 Å². The van der Waals surface area contributed by atoms with Crippen LogP contribution in [-0.2, 0) is 25.5 Å². The van der Waals surface area contributed by atoms with Crippen molar-refractivity contribution in [3.63, 3.8) is 0 Å². The molecule has 198 valence electrons. The van der Waals surface area contributed by atoms with Crippen LogP contribution < -0.4 is 11.5 Å². The summed E-state index contributed by atoms with van der Waals surface area (Å²) in [5, 5.41) is 43.7. The molecule has 5 atom stereocenters. The Morgan fingerprint density at radius 1 is 1.11 bits per heavy atom. The van der Waals surface area contributed by atoms with Gasteiger partial charge in [-0.05, 0) is 66.1 Å². The van der Waals surface area contributed by atoms with Crippen LogP contribution in [0.1, 0.15) is 34.3 Å². The third kappa shape index (κ3) is 3.50. The van der Waals surface area contributed by atoms with Crippen molar-refractivity contribution in [2.45, 2.75) is 31.0 Å². The molecule has 0 spiro atoms. The number of esters is 1. The maximum absolute atomic E-state index is 13.6. The van der Waals surface area contributed by atoms with Crippen LogP contribution in [0.25, 0.3) is 16.9 Å². The highest BCUT2D eigenvalue weighted by Crippen LogP contribution is 2.52. The van der Waals surface area contributed by atoms with E-state index in [-0.39, 0.29) is 47.4 Å². The highest BCUT2D eigenvalue weighted by Gasteiger charge is 2.63. The number of phenols is 1. The van der Waals surface area contributed by atoms with Crippen molar-refractivity contribution in [3.8, 4) is 16.9 Å². The van der Waals surface area contributed by atoms with E-state index in [2.05, 4.69) is 0 Å². The van der Waals surface area contributed by atoms with Gasteiger partial charge in [0.1, 0.15) is 17.4 Å². The highest BCUT2D eigenvalue weighted by atomic mass is 16.5. The van der Waals surface area contributed by atoms with E-state index in [1.54, 1.807) is 18.2 Å². The second-order valence-corrected chi connectivity index (χ2v) is 10.1. The molecule has 38 heavy (non-hydrogen) atoms. The van der Waals surface area contributed by atoms with Crippen LogP contribution in [0.5, 0.6) is 5.75 Å². The van der Waals surface area contributed by atoms with Gasteiger partial charge in [-0.1, -0.05) is 6.07 Å². The van der Waals surface area contributed by atoms with E-state index < -0.39 is 58.7 Å². The Kier molecular flexibility index (Phi) is 5.80. The number of ether oxygens (including phenoxy) is 1. The van der Waals surface area contributed by atoms with Crippen molar-refractivity contribution in [3.05, 3.63) is 52.6 Å². The van der Waals surface area contributed by atoms with Gasteiger partial charge in [0.2, 0.25) is 11.7 Å². The molecule has 2 aromatic rings. The van der Waals surface area contributed by atoms with Gasteiger partial charge in [-0.3, -0.25) is 14.4 Å². The molecule has 3 aliphatic carbocycles. The van der Waals surface area contributed by atoms with Crippen molar-refractivity contribution < 1.29 is 44.3 Å². The molecule has 0 heterocycles. The molecule has 8 N–H and O–H groups in total. The summed E-state index contributed by atoms with van der Waals surface area (Å²) < 4.78 is 4.79. The van der Waals surface area contributed by atoms with Crippen LogP contribution in [0.4, 0.5) is 5.69 Å². The van der Waals surface area contributed by atoms with Gasteiger partial charge in [0.15, 0.2) is 11.4 Å². The number of phenolic OH excluding ortho intramolecular Hbond substituents is 1. The molecule has 2 aromatic carbocycles. The van der Waals surface area contributed by atoms with E-state index in [4.69, 9.17) is 16.2 Å². The predicted octanol–water partition coefficient (Wildman–Crippen LogP) is 0.625. The number of ketones is 2. The second kappa shape index (κ2) is 8.67. The van der Waals surface area contributed by atoms with Crippen LogP contribution in [-0.4, -0.2) is 62.7 Å². The number of fused-ring (bicyclic) bond motifs is 3. The number of benzene rings is 2. The molecule has 11 nitrogen and oxygen atoms in total. The normalized spacial score (nSPS) is 28.3. The molecule has 0 bridgehead atoms. The predicted molar refractivity (Wildman–Crippen MR) is 132 cm³/mol. The lowest BCUT2D eigenvalue weighted by molar-refractivity contribution is -0.174. The van der Waals surface area contributed by atoms with E-state index in [1.807, 2.05) is 0 Å². The molecule has 1 amide bonds. The number of amides is 1. The fourth-order valence-electron chi connectivity index (χ4n) is 6.24. The summed E-state index contributed by atoms with van der Waals surface area (Å²) in [5.41, 5.74) is 10.3. The maximum atomic E-state index is 13.6. The smallest absolute Gasteiger partial charge is 0.337 e. The minimum absolute atomic E-state index is 0.0365. The number of hydrogen-bond donors (Lipinski definition) is 6. The van der Waals surface area contributed by atoms with Crippen molar-refractivity contribution in [1.82, 2.24) is 0 Å². The van der Waals surface area contributed by atoms with Gasteiger partial charge < -0.3 is 36.6 Å². The molecule has 5 rings (SSSR count). The number of anilines is 1. The van der Waals surface area contributed by atoms with Crippen LogP contribution in [0.3, 0.4) is 0 Å². The Morgan fingerprint density at radius 3 is 2.47 bits per heavy atom. The Hall–Kier alpha value is -4.22. The number of primary amides is 1. The maximum Gasteiger partial charge on any atom is 0.337 e. The zero-order chi connectivity index (χ0) is 27.7. The summed E-state index contributed by atoms with van der Waals surface area (Å²) in [6.45, 7) is 0. The Morgan fingerprint density at radius 2 is 1.82 bits per heavy atom. The summed E-state index contributed by atoms with van der Waals surface area (Å²) >= 11 is 0. The van der Waals surface area contributed by atoms with Gasteiger partial charge >= 0.3 is 5.97 Å². The van der Waals surface area contributed by atoms with Crippen LogP contribution >= 0.6 is 0 Å². The summed E-state index contributed by atoms with van der Waals surface area (Å²) in [6, 6.07) is 7.51. The molecule has 2 fully saturated rings. The fraction of sp³-hybridized carbons (Fsp3) is 0.333. The Bertz CT molecular complexity index is 1460. The average Bonchev–Trinajstić information content (AvgIpc) is 2.85. The summed E-state index contributed by atoms with van der Waals surface area (Å²) in [7, 11) is 1.23. The summed E-state index contributed by atoms with van der Waals surface area (Å²) in [6.07, 6.45) is -1.52. The number of carbonyl (C=O) groups excluding carboxylic acids is 4. The van der Waals surface area contributed by atoms with Gasteiger partial charge in [-0.2, -0.15) is 0 Å². The monoisotopic (exact) mass is 522 g/mol. The minimum atomic E-state index is -2.65. The number of nitrogen functional groups attached to an aromatic ring is 1. The topological polar surface area (TPSA) is 210 Å². The number of hydrogen-bond acceptors (Lipinski definition) is 10. The van der Waals surface area contributed by atoms with Crippen molar-refractivity contribution in [2.75, 3.05) is 12.8 Å². The molecule has 0 aromatic heterocycles. The highest BCUT2D eigenvalue weighted by molar-refractivity contribution is 6.24. The summed E-state index contributed by atoms with van der Waals surface area (Å²) in [4.78, 5) is 50.7. The lowest BCUT2D eigenvalue weighted by Gasteiger charge is -2.48. The number of Topliss-reactive ketones (excluding diaryl/α,β-unsaturated/α-hetero) is 2. The van der Waals surface area contributed by atoms with Crippen molar-refractivity contribution in [1.29, 1.82) is 0 Å². The standard InChI is InChI=1S/C27H26N2O9/c1-38-26(36)12-4-10(6-14(28)7-12)15-2-3-17(30)20-16(15)8-11-5-13-9-18(31)21(25(29)35)24(34)27(13,37)23(33)19(11)22(20)32/h2-4,6-7,11,13,18,21,30-32,37H,5,8-9,28H2,1H3,(H2,29,35)/t11-,13+,18?,21?,27+/m1/s1. The van der Waals surface area contributed by atoms with Crippen molar-refractivity contribution in [2.24, 2.45) is 23.5 Å². The molecule has 11 heteroatoms. The first-order valence-electron chi connectivity index (χ1n) is 12.0. The third-order valence-corrected chi connectivity index (χ3v) is 7.96. The van der Waals surface area contributed by atoms with E-state index >= 15 is 0 Å². The molecule has 2 unspecified atom stereocenters. The SMILES string of the molecule is COC(=O)c1cc(N)cc(-c2ccc(O)c3c2C[C@H]2C[C@H]4CC(O)C(C(N)=O)C(=O)[C@@]4(O)C(=O)C2=C3O)c1. The molecule has 0 saturated heterocycles. The molecule has 0 aliphatic heterocycles. The number of aliphatic hydroxyl groups is 3. The van der Waals surface area contributed by atoms with Crippen molar-refractivity contribution >= 4 is 34.9 Å². The largest absolute Gasteiger partial charge is 0.507 e. The Balaban J connectivity index is 1.67. The number of aliphatic hydroxyl groups excluding tert-OH is 2.